The van der Waals surface area contributed by atoms with E-state index >= 15 is 0 Å². The minimum absolute atomic E-state index is 0.00818. The van der Waals surface area contributed by atoms with Crippen molar-refractivity contribution in [3.63, 3.8) is 0 Å². The van der Waals surface area contributed by atoms with E-state index in [1.807, 2.05) is 26.2 Å². The number of fused-ring (bicyclic) bond motifs is 1. The minimum Gasteiger partial charge on any atom is -0.350 e. The summed E-state index contributed by atoms with van der Waals surface area (Å²) < 4.78 is 1.46. The van der Waals surface area contributed by atoms with Crippen LogP contribution in [0.3, 0.4) is 0 Å². The van der Waals surface area contributed by atoms with Gasteiger partial charge in [0.15, 0.2) is 4.96 Å². The van der Waals surface area contributed by atoms with Crippen LogP contribution >= 0.6 is 11.3 Å². The smallest absolute Gasteiger partial charge is 0.271 e. The van der Waals surface area contributed by atoms with Crippen LogP contribution in [0.2, 0.25) is 0 Å². The lowest BCUT2D eigenvalue weighted by atomic mass is 10.3. The molecule has 2 heterocycles. The third-order valence-electron chi connectivity index (χ3n) is 2.28. The third kappa shape index (κ3) is 2.08. The molecule has 90 valence electrons. The zero-order valence-electron chi connectivity index (χ0n) is 9.85. The van der Waals surface area contributed by atoms with Crippen LogP contribution in [0, 0.1) is 6.92 Å². The second kappa shape index (κ2) is 4.29. The number of nitrogens with one attached hydrogen (secondary N) is 1. The fourth-order valence-corrected chi connectivity index (χ4v) is 2.35. The lowest BCUT2D eigenvalue weighted by molar-refractivity contribution is 0.0941. The molecule has 2 rings (SSSR count). The highest BCUT2D eigenvalue weighted by atomic mass is 32.1. The number of carbonyl (C=O) groups is 1. The highest BCUT2D eigenvalue weighted by Gasteiger charge is 2.15. The maximum absolute atomic E-state index is 12.1. The van der Waals surface area contributed by atoms with Crippen LogP contribution in [-0.2, 0) is 0 Å². The summed E-state index contributed by atoms with van der Waals surface area (Å²) in [6.07, 6.45) is 1.34. The molecular weight excluding hydrogens is 238 g/mol. The van der Waals surface area contributed by atoms with Crippen molar-refractivity contribution in [1.82, 2.24) is 14.7 Å². The predicted octanol–water partition coefficient (Wildman–Crippen LogP) is 1.20. The molecule has 0 saturated heterocycles. The summed E-state index contributed by atoms with van der Waals surface area (Å²) in [5, 5.41) is 4.53. The van der Waals surface area contributed by atoms with Gasteiger partial charge < -0.3 is 5.32 Å². The van der Waals surface area contributed by atoms with Crippen LogP contribution in [-0.4, -0.2) is 21.3 Å². The Kier molecular flexibility index (Phi) is 2.97. The molecule has 0 fully saturated rings. The molecule has 17 heavy (non-hydrogen) atoms. The van der Waals surface area contributed by atoms with Gasteiger partial charge in [0.05, 0.1) is 0 Å². The molecule has 0 bridgehead atoms. The Hall–Kier alpha value is -1.69. The Morgan fingerprint density at radius 3 is 2.88 bits per heavy atom. The van der Waals surface area contributed by atoms with Crippen molar-refractivity contribution in [2.75, 3.05) is 0 Å². The highest BCUT2D eigenvalue weighted by molar-refractivity contribution is 7.15. The molecule has 0 spiro atoms. The van der Waals surface area contributed by atoms with Crippen LogP contribution < -0.4 is 10.9 Å². The highest BCUT2D eigenvalue weighted by Crippen LogP contribution is 2.10. The monoisotopic (exact) mass is 251 g/mol. The Balaban J connectivity index is 2.56. The van der Waals surface area contributed by atoms with E-state index in [0.29, 0.717) is 4.96 Å². The van der Waals surface area contributed by atoms with E-state index in [4.69, 9.17) is 0 Å². The molecule has 0 atom stereocenters. The second-order valence-electron chi connectivity index (χ2n) is 4.10. The van der Waals surface area contributed by atoms with Crippen molar-refractivity contribution in [2.45, 2.75) is 26.8 Å². The molecular formula is C11H13N3O2S. The van der Waals surface area contributed by atoms with Crippen LogP contribution in [0.1, 0.15) is 29.9 Å². The van der Waals surface area contributed by atoms with Gasteiger partial charge in [0, 0.05) is 23.3 Å². The molecule has 0 aliphatic heterocycles. The summed E-state index contributed by atoms with van der Waals surface area (Å²) in [5.74, 6) is -0.377. The van der Waals surface area contributed by atoms with Gasteiger partial charge in [-0.3, -0.25) is 14.0 Å². The van der Waals surface area contributed by atoms with E-state index < -0.39 is 0 Å². The summed E-state index contributed by atoms with van der Waals surface area (Å²) in [6.45, 7) is 5.51. The van der Waals surface area contributed by atoms with Crippen molar-refractivity contribution in [2.24, 2.45) is 0 Å². The SMILES string of the molecule is Cc1csc2ncc(C(=O)NC(C)C)c(=O)n12. The van der Waals surface area contributed by atoms with Gasteiger partial charge in [-0.05, 0) is 20.8 Å². The summed E-state index contributed by atoms with van der Waals surface area (Å²) in [5.41, 5.74) is 0.561. The summed E-state index contributed by atoms with van der Waals surface area (Å²) in [4.78, 5) is 28.6. The van der Waals surface area contributed by atoms with E-state index in [1.54, 1.807) is 0 Å². The molecule has 1 N–H and O–H groups in total. The quantitative estimate of drug-likeness (QED) is 0.872. The van der Waals surface area contributed by atoms with Gasteiger partial charge in [-0.2, -0.15) is 0 Å². The average Bonchev–Trinajstić information content (AvgIpc) is 2.60. The Labute approximate surface area is 102 Å². The van der Waals surface area contributed by atoms with E-state index in [-0.39, 0.29) is 23.1 Å². The van der Waals surface area contributed by atoms with E-state index in [9.17, 15) is 9.59 Å². The van der Waals surface area contributed by atoms with Gasteiger partial charge in [-0.25, -0.2) is 4.98 Å². The van der Waals surface area contributed by atoms with Crippen LogP contribution in [0.5, 0.6) is 0 Å². The molecule has 0 aliphatic carbocycles. The van der Waals surface area contributed by atoms with Gasteiger partial charge in [0.1, 0.15) is 5.56 Å². The lowest BCUT2D eigenvalue weighted by Crippen LogP contribution is -2.35. The zero-order valence-corrected chi connectivity index (χ0v) is 10.7. The van der Waals surface area contributed by atoms with Gasteiger partial charge in [-0.15, -0.1) is 11.3 Å². The topological polar surface area (TPSA) is 63.5 Å². The van der Waals surface area contributed by atoms with Gasteiger partial charge >= 0.3 is 0 Å². The number of aryl methyl sites for hydroxylation is 1. The summed E-state index contributed by atoms with van der Waals surface area (Å²) in [7, 11) is 0. The van der Waals surface area contributed by atoms with Gasteiger partial charge in [-0.1, -0.05) is 0 Å². The lowest BCUT2D eigenvalue weighted by Gasteiger charge is -2.07. The number of aromatic nitrogens is 2. The van der Waals surface area contributed by atoms with Crippen molar-refractivity contribution in [3.8, 4) is 0 Å². The average molecular weight is 251 g/mol. The molecule has 5 nitrogen and oxygen atoms in total. The molecule has 2 aromatic rings. The third-order valence-corrected chi connectivity index (χ3v) is 3.24. The standard InChI is InChI=1S/C11H13N3O2S/c1-6(2)13-9(15)8-4-12-11-14(10(8)16)7(3)5-17-11/h4-6H,1-3H3,(H,13,15). The Bertz CT molecular complexity index is 627. The molecule has 6 heteroatoms. The van der Waals surface area contributed by atoms with Crippen molar-refractivity contribution >= 4 is 22.2 Å². The molecule has 0 radical (unpaired) electrons. The number of carbonyl (C=O) groups excluding carboxylic acids is 1. The summed E-state index contributed by atoms with van der Waals surface area (Å²) in [6, 6.07) is -0.00818. The fraction of sp³-hybridized carbons (Fsp3) is 0.364. The molecule has 0 aromatic carbocycles. The molecule has 2 aromatic heterocycles. The van der Waals surface area contributed by atoms with E-state index in [2.05, 4.69) is 10.3 Å². The zero-order chi connectivity index (χ0) is 12.6. The molecule has 0 aliphatic rings. The van der Waals surface area contributed by atoms with E-state index in [0.717, 1.165) is 5.69 Å². The number of hydrogen-bond donors (Lipinski definition) is 1. The Morgan fingerprint density at radius 1 is 1.53 bits per heavy atom. The second-order valence-corrected chi connectivity index (χ2v) is 4.94. The maximum atomic E-state index is 12.1. The molecule has 0 saturated carbocycles. The first-order valence-electron chi connectivity index (χ1n) is 5.27. The largest absolute Gasteiger partial charge is 0.350 e. The first-order valence-corrected chi connectivity index (χ1v) is 6.15. The minimum atomic E-state index is -0.377. The molecule has 1 amide bonds. The normalized spacial score (nSPS) is 11.1. The first-order chi connectivity index (χ1) is 8.00. The van der Waals surface area contributed by atoms with Gasteiger partial charge in [0.2, 0.25) is 0 Å². The fourth-order valence-electron chi connectivity index (χ4n) is 1.52. The predicted molar refractivity (Wildman–Crippen MR) is 66.7 cm³/mol. The molecule has 0 unspecified atom stereocenters. The first kappa shape index (κ1) is 11.8. The van der Waals surface area contributed by atoms with Crippen LogP contribution in [0.15, 0.2) is 16.4 Å². The maximum Gasteiger partial charge on any atom is 0.271 e. The van der Waals surface area contributed by atoms with Crippen molar-refractivity contribution < 1.29 is 4.79 Å². The number of hydrogen-bond acceptors (Lipinski definition) is 4. The number of amides is 1. The van der Waals surface area contributed by atoms with Crippen molar-refractivity contribution in [3.05, 3.63) is 33.2 Å². The summed E-state index contributed by atoms with van der Waals surface area (Å²) >= 11 is 1.38. The number of rotatable bonds is 2. The van der Waals surface area contributed by atoms with Crippen molar-refractivity contribution in [1.29, 1.82) is 0 Å². The van der Waals surface area contributed by atoms with Crippen LogP contribution in [0.4, 0.5) is 0 Å². The van der Waals surface area contributed by atoms with E-state index in [1.165, 1.54) is 21.9 Å². The number of thiazole rings is 1. The Morgan fingerprint density at radius 2 is 2.24 bits per heavy atom. The van der Waals surface area contributed by atoms with Gasteiger partial charge in [0.25, 0.3) is 11.5 Å². The number of nitrogens with zero attached hydrogens (tertiary/aromatic N) is 2. The van der Waals surface area contributed by atoms with Crippen LogP contribution in [0.25, 0.3) is 4.96 Å².